The standard InChI is InChI=1S/C11H21NO3/c1-8(13)12-7-9-3-5-10(6-4-9)11(14)15-2/h8-10,12-13H,3-7H2,1-2H3/t8?,9-,10-. The zero-order chi connectivity index (χ0) is 11.3. The van der Waals surface area contributed by atoms with Gasteiger partial charge in [-0.3, -0.25) is 10.1 Å². The molecule has 0 saturated heterocycles. The van der Waals surface area contributed by atoms with E-state index in [1.165, 1.54) is 7.11 Å². The molecule has 1 aliphatic carbocycles. The molecule has 2 N–H and O–H groups in total. The molecule has 1 aliphatic rings. The van der Waals surface area contributed by atoms with Crippen molar-refractivity contribution in [3.05, 3.63) is 0 Å². The van der Waals surface area contributed by atoms with Crippen LogP contribution in [-0.4, -0.2) is 31.0 Å². The van der Waals surface area contributed by atoms with E-state index >= 15 is 0 Å². The van der Waals surface area contributed by atoms with Crippen LogP contribution in [0.2, 0.25) is 0 Å². The lowest BCUT2D eigenvalue weighted by atomic mass is 9.82. The molecule has 0 bridgehead atoms. The lowest BCUT2D eigenvalue weighted by Crippen LogP contribution is -2.33. The van der Waals surface area contributed by atoms with Gasteiger partial charge in [0.25, 0.3) is 0 Å². The first-order chi connectivity index (χ1) is 7.13. The quantitative estimate of drug-likeness (QED) is 0.540. The van der Waals surface area contributed by atoms with Crippen LogP contribution >= 0.6 is 0 Å². The molecular weight excluding hydrogens is 194 g/mol. The van der Waals surface area contributed by atoms with Gasteiger partial charge in [-0.1, -0.05) is 0 Å². The van der Waals surface area contributed by atoms with Crippen molar-refractivity contribution >= 4 is 5.97 Å². The van der Waals surface area contributed by atoms with E-state index in [2.05, 4.69) is 5.32 Å². The summed E-state index contributed by atoms with van der Waals surface area (Å²) in [5.74, 6) is 0.607. The van der Waals surface area contributed by atoms with Gasteiger partial charge in [0.2, 0.25) is 0 Å². The molecule has 4 nitrogen and oxygen atoms in total. The second-order valence-corrected chi connectivity index (χ2v) is 4.33. The van der Waals surface area contributed by atoms with Gasteiger partial charge in [0, 0.05) is 6.54 Å². The van der Waals surface area contributed by atoms with E-state index in [0.29, 0.717) is 5.92 Å². The number of aliphatic hydroxyl groups is 1. The molecule has 1 saturated carbocycles. The lowest BCUT2D eigenvalue weighted by molar-refractivity contribution is -0.146. The molecule has 0 aromatic carbocycles. The number of methoxy groups -OCH3 is 1. The normalized spacial score (nSPS) is 28.5. The van der Waals surface area contributed by atoms with Gasteiger partial charge in [-0.05, 0) is 38.5 Å². The maximum atomic E-state index is 11.3. The van der Waals surface area contributed by atoms with Gasteiger partial charge in [0.05, 0.1) is 13.0 Å². The van der Waals surface area contributed by atoms with E-state index in [9.17, 15) is 4.79 Å². The third-order valence-electron chi connectivity index (χ3n) is 3.08. The predicted molar refractivity (Wildman–Crippen MR) is 57.1 cm³/mol. The third kappa shape index (κ3) is 4.18. The Labute approximate surface area is 91.0 Å². The van der Waals surface area contributed by atoms with Gasteiger partial charge < -0.3 is 9.84 Å². The maximum Gasteiger partial charge on any atom is 0.308 e. The van der Waals surface area contributed by atoms with E-state index in [1.807, 2.05) is 0 Å². The number of hydrogen-bond donors (Lipinski definition) is 2. The van der Waals surface area contributed by atoms with E-state index in [4.69, 9.17) is 9.84 Å². The Morgan fingerprint density at radius 2 is 2.07 bits per heavy atom. The molecule has 88 valence electrons. The molecule has 0 heterocycles. The van der Waals surface area contributed by atoms with Crippen LogP contribution < -0.4 is 5.32 Å². The summed E-state index contributed by atoms with van der Waals surface area (Å²) >= 11 is 0. The molecule has 0 aromatic heterocycles. The number of aliphatic hydroxyl groups excluding tert-OH is 1. The van der Waals surface area contributed by atoms with Gasteiger partial charge in [-0.2, -0.15) is 0 Å². The van der Waals surface area contributed by atoms with E-state index in [-0.39, 0.29) is 11.9 Å². The Morgan fingerprint density at radius 1 is 1.47 bits per heavy atom. The van der Waals surface area contributed by atoms with Crippen LogP contribution in [0.5, 0.6) is 0 Å². The van der Waals surface area contributed by atoms with Gasteiger partial charge >= 0.3 is 5.97 Å². The van der Waals surface area contributed by atoms with Crippen molar-refractivity contribution in [3.63, 3.8) is 0 Å². The highest BCUT2D eigenvalue weighted by atomic mass is 16.5. The molecule has 0 aromatic rings. The van der Waals surface area contributed by atoms with Crippen LogP contribution in [0.25, 0.3) is 0 Å². The number of ether oxygens (including phenoxy) is 1. The molecule has 1 rings (SSSR count). The predicted octanol–water partition coefficient (Wildman–Crippen LogP) is 0.894. The molecule has 4 heteroatoms. The Balaban J connectivity index is 2.21. The molecule has 15 heavy (non-hydrogen) atoms. The van der Waals surface area contributed by atoms with Crippen LogP contribution in [0.15, 0.2) is 0 Å². The summed E-state index contributed by atoms with van der Waals surface area (Å²) in [5, 5.41) is 12.1. The number of rotatable bonds is 4. The fourth-order valence-electron chi connectivity index (χ4n) is 2.11. The summed E-state index contributed by atoms with van der Waals surface area (Å²) in [6, 6.07) is 0. The first-order valence-corrected chi connectivity index (χ1v) is 5.62. The van der Waals surface area contributed by atoms with E-state index < -0.39 is 6.23 Å². The lowest BCUT2D eigenvalue weighted by Gasteiger charge is -2.27. The summed E-state index contributed by atoms with van der Waals surface area (Å²) in [6.45, 7) is 2.56. The molecule has 0 spiro atoms. The second kappa shape index (κ2) is 6.08. The van der Waals surface area contributed by atoms with Crippen LogP contribution in [0, 0.1) is 11.8 Å². The van der Waals surface area contributed by atoms with Crippen molar-refractivity contribution in [1.29, 1.82) is 0 Å². The highest BCUT2D eigenvalue weighted by Crippen LogP contribution is 2.29. The highest BCUT2D eigenvalue weighted by Gasteiger charge is 2.26. The molecule has 0 aliphatic heterocycles. The number of hydrogen-bond acceptors (Lipinski definition) is 4. The number of carbonyl (C=O) groups is 1. The van der Waals surface area contributed by atoms with Crippen LogP contribution in [0.3, 0.4) is 0 Å². The van der Waals surface area contributed by atoms with Crippen molar-refractivity contribution in [2.75, 3.05) is 13.7 Å². The number of nitrogens with one attached hydrogen (secondary N) is 1. The molecule has 1 atom stereocenters. The summed E-state index contributed by atoms with van der Waals surface area (Å²) in [4.78, 5) is 11.3. The van der Waals surface area contributed by atoms with E-state index in [0.717, 1.165) is 32.2 Å². The minimum Gasteiger partial charge on any atom is -0.469 e. The van der Waals surface area contributed by atoms with Crippen LogP contribution in [0.4, 0.5) is 0 Å². The van der Waals surface area contributed by atoms with Crippen molar-refractivity contribution in [1.82, 2.24) is 5.32 Å². The molecular formula is C11H21NO3. The Hall–Kier alpha value is -0.610. The zero-order valence-electron chi connectivity index (χ0n) is 9.53. The third-order valence-corrected chi connectivity index (χ3v) is 3.08. The average Bonchev–Trinajstić information content (AvgIpc) is 2.26. The first kappa shape index (κ1) is 12.5. The molecule has 0 amide bonds. The van der Waals surface area contributed by atoms with Gasteiger partial charge in [-0.15, -0.1) is 0 Å². The van der Waals surface area contributed by atoms with Crippen molar-refractivity contribution in [2.24, 2.45) is 11.8 Å². The minimum atomic E-state index is -0.441. The molecule has 1 fully saturated rings. The van der Waals surface area contributed by atoms with Crippen LogP contribution in [-0.2, 0) is 9.53 Å². The van der Waals surface area contributed by atoms with Crippen molar-refractivity contribution in [3.8, 4) is 0 Å². The van der Waals surface area contributed by atoms with Crippen molar-refractivity contribution < 1.29 is 14.6 Å². The van der Waals surface area contributed by atoms with Crippen molar-refractivity contribution in [2.45, 2.75) is 38.8 Å². The molecule has 0 radical (unpaired) electrons. The number of carbonyl (C=O) groups excluding carboxylic acids is 1. The zero-order valence-corrected chi connectivity index (χ0v) is 9.53. The average molecular weight is 215 g/mol. The fraction of sp³-hybridized carbons (Fsp3) is 0.909. The van der Waals surface area contributed by atoms with Gasteiger partial charge in [0.15, 0.2) is 0 Å². The summed E-state index contributed by atoms with van der Waals surface area (Å²) < 4.78 is 4.73. The van der Waals surface area contributed by atoms with Crippen LogP contribution in [0.1, 0.15) is 32.6 Å². The molecule has 1 unspecified atom stereocenters. The summed E-state index contributed by atoms with van der Waals surface area (Å²) in [6.07, 6.45) is 3.47. The summed E-state index contributed by atoms with van der Waals surface area (Å²) in [5.41, 5.74) is 0. The monoisotopic (exact) mass is 215 g/mol. The van der Waals surface area contributed by atoms with E-state index in [1.54, 1.807) is 6.92 Å². The maximum absolute atomic E-state index is 11.3. The Morgan fingerprint density at radius 3 is 2.53 bits per heavy atom. The highest BCUT2D eigenvalue weighted by molar-refractivity contribution is 5.72. The summed E-state index contributed by atoms with van der Waals surface area (Å²) in [7, 11) is 1.45. The number of esters is 1. The second-order valence-electron chi connectivity index (χ2n) is 4.33. The van der Waals surface area contributed by atoms with Gasteiger partial charge in [-0.25, -0.2) is 0 Å². The smallest absolute Gasteiger partial charge is 0.308 e. The largest absolute Gasteiger partial charge is 0.469 e. The first-order valence-electron chi connectivity index (χ1n) is 5.62. The minimum absolute atomic E-state index is 0.0723. The fourth-order valence-corrected chi connectivity index (χ4v) is 2.11. The topological polar surface area (TPSA) is 58.6 Å². The Bertz CT molecular complexity index is 198. The Kier molecular flexibility index (Phi) is 5.05. The SMILES string of the molecule is COC(=O)[C@H]1CC[C@H](CNC(C)O)CC1. The van der Waals surface area contributed by atoms with Gasteiger partial charge in [0.1, 0.15) is 6.23 Å².